The van der Waals surface area contributed by atoms with Crippen LogP contribution in [0.2, 0.25) is 5.02 Å². The van der Waals surface area contributed by atoms with Gasteiger partial charge in [0.2, 0.25) is 0 Å². The Morgan fingerprint density at radius 2 is 2.22 bits per heavy atom. The number of Topliss-reactive ketones (excluding diaryl/α,β-unsaturated/α-hetero) is 1. The van der Waals surface area contributed by atoms with Gasteiger partial charge in [0.1, 0.15) is 5.92 Å². The van der Waals surface area contributed by atoms with E-state index in [-0.39, 0.29) is 5.78 Å². The molecule has 2 aromatic rings. The minimum atomic E-state index is -0.821. The van der Waals surface area contributed by atoms with Crippen molar-refractivity contribution in [3.05, 3.63) is 55.6 Å². The topological polar surface area (TPSA) is 40.9 Å². The molecule has 1 atom stereocenters. The summed E-state index contributed by atoms with van der Waals surface area (Å²) in [5, 5.41) is 11.3. The molecule has 0 radical (unpaired) electrons. The first-order chi connectivity index (χ1) is 8.63. The lowest BCUT2D eigenvalue weighted by atomic mass is 9.95. The van der Waals surface area contributed by atoms with Crippen LogP contribution in [-0.4, -0.2) is 5.78 Å². The third-order valence-corrected chi connectivity index (χ3v) is 4.26. The molecule has 0 aliphatic heterocycles. The van der Waals surface area contributed by atoms with Crippen LogP contribution in [0.1, 0.15) is 21.2 Å². The minimum Gasteiger partial charge on any atom is -0.291 e. The third kappa shape index (κ3) is 2.64. The fourth-order valence-corrected chi connectivity index (χ4v) is 3.11. The molecule has 0 saturated carbocycles. The maximum absolute atomic E-state index is 12.3. The van der Waals surface area contributed by atoms with Crippen LogP contribution in [0.5, 0.6) is 0 Å². The van der Waals surface area contributed by atoms with Crippen LogP contribution < -0.4 is 0 Å². The van der Waals surface area contributed by atoms with Crippen molar-refractivity contribution in [2.75, 3.05) is 0 Å². The van der Waals surface area contributed by atoms with E-state index in [9.17, 15) is 10.1 Å². The molecular weight excluding hydrogens is 334 g/mol. The Kier molecular flexibility index (Phi) is 4.18. The van der Waals surface area contributed by atoms with Crippen molar-refractivity contribution < 1.29 is 4.79 Å². The van der Waals surface area contributed by atoms with Crippen LogP contribution in [0.25, 0.3) is 0 Å². The maximum atomic E-state index is 12.3. The molecule has 1 aromatic heterocycles. The van der Waals surface area contributed by atoms with Gasteiger partial charge in [-0.1, -0.05) is 39.7 Å². The summed E-state index contributed by atoms with van der Waals surface area (Å²) in [5.74, 6) is -1.07. The Morgan fingerprint density at radius 1 is 1.44 bits per heavy atom. The number of nitrogens with zero attached hydrogens (tertiary/aromatic N) is 1. The summed E-state index contributed by atoms with van der Waals surface area (Å²) in [5.41, 5.74) is 0.668. The number of thiophene rings is 1. The summed E-state index contributed by atoms with van der Waals surface area (Å²) in [6.45, 7) is 0. The molecular formula is C13H7BrClNOS. The Hall–Kier alpha value is -1.15. The fourth-order valence-electron chi connectivity index (χ4n) is 1.57. The molecule has 0 amide bonds. The Morgan fingerprint density at radius 3 is 2.78 bits per heavy atom. The van der Waals surface area contributed by atoms with Gasteiger partial charge in [0.15, 0.2) is 5.78 Å². The van der Waals surface area contributed by atoms with Gasteiger partial charge in [0.25, 0.3) is 0 Å². The highest BCUT2D eigenvalue weighted by molar-refractivity contribution is 9.10. The molecule has 0 saturated heterocycles. The zero-order valence-electron chi connectivity index (χ0n) is 9.06. The minimum absolute atomic E-state index is 0.254. The molecule has 0 bridgehead atoms. The second-order valence-corrected chi connectivity index (χ2v) is 5.82. The van der Waals surface area contributed by atoms with Crippen LogP contribution in [-0.2, 0) is 0 Å². The van der Waals surface area contributed by atoms with Gasteiger partial charge < -0.3 is 0 Å². The normalized spacial score (nSPS) is 11.8. The molecule has 2 rings (SSSR count). The van der Waals surface area contributed by atoms with Crippen LogP contribution >= 0.6 is 38.9 Å². The van der Waals surface area contributed by atoms with Crippen LogP contribution in [0.15, 0.2) is 40.2 Å². The first kappa shape index (κ1) is 13.3. The van der Waals surface area contributed by atoms with E-state index < -0.39 is 5.92 Å². The Balaban J connectivity index is 2.39. The fraction of sp³-hybridized carbons (Fsp3) is 0.0769. The predicted molar refractivity (Wildman–Crippen MR) is 76.2 cm³/mol. The van der Waals surface area contributed by atoms with E-state index in [1.165, 1.54) is 11.3 Å². The van der Waals surface area contributed by atoms with E-state index in [0.29, 0.717) is 15.5 Å². The van der Waals surface area contributed by atoms with E-state index in [0.717, 1.165) is 4.47 Å². The van der Waals surface area contributed by atoms with Gasteiger partial charge in [0, 0.05) is 4.47 Å². The van der Waals surface area contributed by atoms with Crippen molar-refractivity contribution >= 4 is 44.7 Å². The first-order valence-corrected chi connectivity index (χ1v) is 7.11. The van der Waals surface area contributed by atoms with Gasteiger partial charge in [-0.25, -0.2) is 0 Å². The number of benzene rings is 1. The molecule has 0 aliphatic rings. The van der Waals surface area contributed by atoms with Gasteiger partial charge in [-0.15, -0.1) is 11.3 Å². The summed E-state index contributed by atoms with van der Waals surface area (Å²) in [7, 11) is 0. The molecule has 90 valence electrons. The van der Waals surface area contributed by atoms with Crippen molar-refractivity contribution in [1.29, 1.82) is 5.26 Å². The molecule has 1 heterocycles. The summed E-state index contributed by atoms with van der Waals surface area (Å²) >= 11 is 10.5. The number of halogens is 2. The number of hydrogen-bond donors (Lipinski definition) is 0. The zero-order valence-corrected chi connectivity index (χ0v) is 12.2. The van der Waals surface area contributed by atoms with E-state index in [1.807, 2.05) is 12.1 Å². The zero-order chi connectivity index (χ0) is 13.1. The molecule has 0 aliphatic carbocycles. The number of hydrogen-bond acceptors (Lipinski definition) is 3. The monoisotopic (exact) mass is 339 g/mol. The van der Waals surface area contributed by atoms with Crippen molar-refractivity contribution in [3.8, 4) is 6.07 Å². The summed E-state index contributed by atoms with van der Waals surface area (Å²) < 4.78 is 0.838. The lowest BCUT2D eigenvalue weighted by Crippen LogP contribution is -2.10. The number of nitriles is 1. The second kappa shape index (κ2) is 5.66. The summed E-state index contributed by atoms with van der Waals surface area (Å²) in [6, 6.07) is 10.9. The molecule has 18 heavy (non-hydrogen) atoms. The standard InChI is InChI=1S/C13H7BrClNOS/c14-9-3-1-2-8(6-9)10(7-16)12(17)13-11(15)4-5-18-13/h1-6,10H. The van der Waals surface area contributed by atoms with Crippen molar-refractivity contribution in [2.45, 2.75) is 5.92 Å². The second-order valence-electron chi connectivity index (χ2n) is 3.58. The molecule has 0 spiro atoms. The van der Waals surface area contributed by atoms with E-state index in [2.05, 4.69) is 15.9 Å². The van der Waals surface area contributed by atoms with Gasteiger partial charge >= 0.3 is 0 Å². The van der Waals surface area contributed by atoms with Gasteiger partial charge in [-0.2, -0.15) is 5.26 Å². The lowest BCUT2D eigenvalue weighted by Gasteiger charge is -2.08. The Labute approximate surface area is 122 Å². The third-order valence-electron chi connectivity index (χ3n) is 2.41. The highest BCUT2D eigenvalue weighted by atomic mass is 79.9. The van der Waals surface area contributed by atoms with Crippen LogP contribution in [0, 0.1) is 11.3 Å². The van der Waals surface area contributed by atoms with Crippen LogP contribution in [0.3, 0.4) is 0 Å². The SMILES string of the molecule is N#CC(C(=O)c1sccc1Cl)c1cccc(Br)c1. The van der Waals surface area contributed by atoms with Gasteiger partial charge in [0.05, 0.1) is 16.0 Å². The smallest absolute Gasteiger partial charge is 0.195 e. The molecule has 2 nitrogen and oxygen atoms in total. The van der Waals surface area contributed by atoms with Crippen molar-refractivity contribution in [2.24, 2.45) is 0 Å². The number of ketones is 1. The molecule has 1 aromatic carbocycles. The molecule has 0 fully saturated rings. The lowest BCUT2D eigenvalue weighted by molar-refractivity contribution is 0.0983. The quantitative estimate of drug-likeness (QED) is 0.763. The predicted octanol–water partition coefficient (Wildman–Crippen LogP) is 4.65. The van der Waals surface area contributed by atoms with Crippen molar-refractivity contribution in [1.82, 2.24) is 0 Å². The van der Waals surface area contributed by atoms with E-state index >= 15 is 0 Å². The largest absolute Gasteiger partial charge is 0.291 e. The maximum Gasteiger partial charge on any atom is 0.195 e. The summed E-state index contributed by atoms with van der Waals surface area (Å²) in [4.78, 5) is 12.7. The molecule has 5 heteroatoms. The highest BCUT2D eigenvalue weighted by Gasteiger charge is 2.24. The van der Waals surface area contributed by atoms with Crippen molar-refractivity contribution in [3.63, 3.8) is 0 Å². The average molecular weight is 341 g/mol. The number of rotatable bonds is 3. The average Bonchev–Trinajstić information content (AvgIpc) is 2.76. The van der Waals surface area contributed by atoms with E-state index in [4.69, 9.17) is 11.6 Å². The number of carbonyl (C=O) groups excluding carboxylic acids is 1. The van der Waals surface area contributed by atoms with Gasteiger partial charge in [-0.05, 0) is 29.1 Å². The summed E-state index contributed by atoms with van der Waals surface area (Å²) in [6.07, 6.45) is 0. The highest BCUT2D eigenvalue weighted by Crippen LogP contribution is 2.29. The van der Waals surface area contributed by atoms with Gasteiger partial charge in [-0.3, -0.25) is 4.79 Å². The molecule has 1 unspecified atom stereocenters. The Bertz CT molecular complexity index is 632. The first-order valence-electron chi connectivity index (χ1n) is 5.05. The number of carbonyl (C=O) groups is 1. The van der Waals surface area contributed by atoms with Crippen LogP contribution in [0.4, 0.5) is 0 Å². The molecule has 0 N–H and O–H groups in total. The van der Waals surface area contributed by atoms with E-state index in [1.54, 1.807) is 29.6 Å².